The van der Waals surface area contributed by atoms with E-state index < -0.39 is 17.8 Å². The average Bonchev–Trinajstić information content (AvgIpc) is 2.75. The Bertz CT molecular complexity index is 729. The molecule has 0 aliphatic carbocycles. The van der Waals surface area contributed by atoms with Crippen LogP contribution in [-0.4, -0.2) is 22.8 Å². The van der Waals surface area contributed by atoms with Crippen molar-refractivity contribution < 1.29 is 22.7 Å². The van der Waals surface area contributed by atoms with Crippen LogP contribution in [0.3, 0.4) is 0 Å². The summed E-state index contributed by atoms with van der Waals surface area (Å²) in [5, 5.41) is 6.04. The lowest BCUT2D eigenvalue weighted by Crippen LogP contribution is -2.20. The number of halogens is 4. The number of alkyl halides is 3. The standard InChI is InChI=1S/C14H13BrF3N3O2/c1-8-12(15)13(14(16,17)18)20-21(8)7-11(22)19-9-4-3-5-10(6-9)23-2/h3-6H,7H2,1-2H3,(H,19,22). The van der Waals surface area contributed by atoms with Crippen molar-refractivity contribution in [2.75, 3.05) is 12.4 Å². The molecular formula is C14H13BrF3N3O2. The maximum atomic E-state index is 12.8. The van der Waals surface area contributed by atoms with Gasteiger partial charge >= 0.3 is 6.18 Å². The van der Waals surface area contributed by atoms with E-state index in [1.54, 1.807) is 24.3 Å². The molecule has 0 fully saturated rings. The lowest BCUT2D eigenvalue weighted by Gasteiger charge is -2.08. The number of anilines is 1. The SMILES string of the molecule is COc1cccc(NC(=O)Cn2nc(C(F)(F)F)c(Br)c2C)c1. The number of carbonyl (C=O) groups excluding carboxylic acids is 1. The van der Waals surface area contributed by atoms with Gasteiger partial charge in [0.05, 0.1) is 17.3 Å². The fourth-order valence-electron chi connectivity index (χ4n) is 1.90. The molecule has 124 valence electrons. The Morgan fingerprint density at radius 1 is 1.43 bits per heavy atom. The number of hydrogen-bond donors (Lipinski definition) is 1. The molecule has 0 aliphatic heterocycles. The van der Waals surface area contributed by atoms with Crippen LogP contribution >= 0.6 is 15.9 Å². The molecule has 1 aromatic heterocycles. The zero-order valence-corrected chi connectivity index (χ0v) is 13.8. The number of nitrogens with one attached hydrogen (secondary N) is 1. The summed E-state index contributed by atoms with van der Waals surface area (Å²) in [5.41, 5.74) is -0.350. The first-order chi connectivity index (χ1) is 10.7. The average molecular weight is 392 g/mol. The van der Waals surface area contributed by atoms with E-state index in [1.807, 2.05) is 0 Å². The second-order valence-corrected chi connectivity index (χ2v) is 5.48. The molecule has 1 aromatic carbocycles. The summed E-state index contributed by atoms with van der Waals surface area (Å²) in [7, 11) is 1.49. The summed E-state index contributed by atoms with van der Waals surface area (Å²) in [4.78, 5) is 12.0. The fourth-order valence-corrected chi connectivity index (χ4v) is 2.41. The van der Waals surface area contributed by atoms with Gasteiger partial charge in [0.25, 0.3) is 0 Å². The van der Waals surface area contributed by atoms with Crippen molar-refractivity contribution in [3.63, 3.8) is 0 Å². The Balaban J connectivity index is 2.14. The quantitative estimate of drug-likeness (QED) is 0.865. The van der Waals surface area contributed by atoms with Crippen molar-refractivity contribution >= 4 is 27.5 Å². The van der Waals surface area contributed by atoms with Gasteiger partial charge < -0.3 is 10.1 Å². The normalized spacial score (nSPS) is 11.4. The van der Waals surface area contributed by atoms with Gasteiger partial charge in [-0.2, -0.15) is 18.3 Å². The zero-order valence-electron chi connectivity index (χ0n) is 12.2. The largest absolute Gasteiger partial charge is 0.497 e. The molecule has 1 amide bonds. The third kappa shape index (κ3) is 4.04. The summed E-state index contributed by atoms with van der Waals surface area (Å²) in [6, 6.07) is 6.64. The van der Waals surface area contributed by atoms with Crippen LogP contribution < -0.4 is 10.1 Å². The highest BCUT2D eigenvalue weighted by molar-refractivity contribution is 9.10. The van der Waals surface area contributed by atoms with Gasteiger partial charge in [-0.05, 0) is 35.0 Å². The fraction of sp³-hybridized carbons (Fsp3) is 0.286. The number of hydrogen-bond acceptors (Lipinski definition) is 3. The molecule has 0 aliphatic rings. The lowest BCUT2D eigenvalue weighted by molar-refractivity contribution is -0.142. The van der Waals surface area contributed by atoms with Crippen LogP contribution in [0.2, 0.25) is 0 Å². The molecule has 5 nitrogen and oxygen atoms in total. The summed E-state index contributed by atoms with van der Waals surface area (Å²) < 4.78 is 44.2. The number of aromatic nitrogens is 2. The Morgan fingerprint density at radius 2 is 2.13 bits per heavy atom. The molecule has 2 aromatic rings. The Labute approximate surface area is 138 Å². The predicted octanol–water partition coefficient (Wildman–Crippen LogP) is 3.62. The molecule has 1 heterocycles. The molecule has 0 atom stereocenters. The molecule has 23 heavy (non-hydrogen) atoms. The number of ether oxygens (including phenoxy) is 1. The molecule has 0 unspecified atom stereocenters. The molecular weight excluding hydrogens is 379 g/mol. The third-order valence-electron chi connectivity index (χ3n) is 3.05. The highest BCUT2D eigenvalue weighted by Gasteiger charge is 2.38. The van der Waals surface area contributed by atoms with E-state index in [4.69, 9.17) is 4.74 Å². The minimum Gasteiger partial charge on any atom is -0.497 e. The first kappa shape index (κ1) is 17.3. The van der Waals surface area contributed by atoms with Crippen LogP contribution in [0.15, 0.2) is 28.7 Å². The number of benzene rings is 1. The molecule has 0 saturated heterocycles. The van der Waals surface area contributed by atoms with E-state index in [0.29, 0.717) is 11.4 Å². The molecule has 1 N–H and O–H groups in total. The molecule has 0 radical (unpaired) electrons. The number of carbonyl (C=O) groups is 1. The highest BCUT2D eigenvalue weighted by atomic mass is 79.9. The molecule has 0 bridgehead atoms. The molecule has 9 heteroatoms. The van der Waals surface area contributed by atoms with E-state index in [9.17, 15) is 18.0 Å². The lowest BCUT2D eigenvalue weighted by atomic mass is 10.3. The van der Waals surface area contributed by atoms with E-state index in [2.05, 4.69) is 26.3 Å². The molecule has 2 rings (SSSR count). The van der Waals surface area contributed by atoms with Crippen LogP contribution in [0.4, 0.5) is 18.9 Å². The smallest absolute Gasteiger partial charge is 0.436 e. The summed E-state index contributed by atoms with van der Waals surface area (Å²) in [5.74, 6) is 0.0604. The monoisotopic (exact) mass is 391 g/mol. The first-order valence-corrected chi connectivity index (χ1v) is 7.25. The van der Waals surface area contributed by atoms with E-state index in [-0.39, 0.29) is 16.7 Å². The highest BCUT2D eigenvalue weighted by Crippen LogP contribution is 2.35. The summed E-state index contributed by atoms with van der Waals surface area (Å²) >= 11 is 2.86. The number of nitrogens with zero attached hydrogens (tertiary/aromatic N) is 2. The van der Waals surface area contributed by atoms with Crippen molar-refractivity contribution in [2.45, 2.75) is 19.6 Å². The van der Waals surface area contributed by atoms with E-state index in [1.165, 1.54) is 14.0 Å². The van der Waals surface area contributed by atoms with Crippen LogP contribution in [0, 0.1) is 6.92 Å². The van der Waals surface area contributed by atoms with Gasteiger partial charge in [0.2, 0.25) is 5.91 Å². The van der Waals surface area contributed by atoms with Gasteiger partial charge in [-0.1, -0.05) is 6.07 Å². The molecule has 0 spiro atoms. The number of amides is 1. The third-order valence-corrected chi connectivity index (χ3v) is 4.00. The van der Waals surface area contributed by atoms with E-state index >= 15 is 0 Å². The first-order valence-electron chi connectivity index (χ1n) is 6.46. The second-order valence-electron chi connectivity index (χ2n) is 4.68. The summed E-state index contributed by atoms with van der Waals surface area (Å²) in [6.45, 7) is 1.11. The van der Waals surface area contributed by atoms with Crippen LogP contribution in [0.25, 0.3) is 0 Å². The summed E-state index contributed by atoms with van der Waals surface area (Å²) in [6.07, 6.45) is -4.59. The van der Waals surface area contributed by atoms with Gasteiger partial charge in [-0.3, -0.25) is 9.48 Å². The van der Waals surface area contributed by atoms with Crippen molar-refractivity contribution in [2.24, 2.45) is 0 Å². The topological polar surface area (TPSA) is 56.1 Å². The Hall–Kier alpha value is -2.03. The second kappa shape index (κ2) is 6.61. The number of methoxy groups -OCH3 is 1. The zero-order chi connectivity index (χ0) is 17.2. The van der Waals surface area contributed by atoms with Crippen molar-refractivity contribution in [3.05, 3.63) is 40.1 Å². The maximum absolute atomic E-state index is 12.8. The van der Waals surface area contributed by atoms with Crippen LogP contribution in [0.1, 0.15) is 11.4 Å². The predicted molar refractivity (Wildman–Crippen MR) is 81.3 cm³/mol. The van der Waals surface area contributed by atoms with Gasteiger partial charge in [0.15, 0.2) is 5.69 Å². The minimum atomic E-state index is -4.59. The maximum Gasteiger partial charge on any atom is 0.436 e. The Kier molecular flexibility index (Phi) is 4.98. The van der Waals surface area contributed by atoms with Crippen LogP contribution in [0.5, 0.6) is 5.75 Å². The Morgan fingerprint density at radius 3 is 2.70 bits per heavy atom. The van der Waals surface area contributed by atoms with Gasteiger partial charge in [-0.25, -0.2) is 0 Å². The van der Waals surface area contributed by atoms with Crippen LogP contribution in [-0.2, 0) is 17.5 Å². The van der Waals surface area contributed by atoms with Gasteiger partial charge in [0, 0.05) is 11.8 Å². The molecule has 0 saturated carbocycles. The minimum absolute atomic E-state index is 0.167. The van der Waals surface area contributed by atoms with E-state index in [0.717, 1.165) is 4.68 Å². The van der Waals surface area contributed by atoms with Gasteiger partial charge in [0.1, 0.15) is 12.3 Å². The van der Waals surface area contributed by atoms with Crippen molar-refractivity contribution in [3.8, 4) is 5.75 Å². The van der Waals surface area contributed by atoms with Gasteiger partial charge in [-0.15, -0.1) is 0 Å². The van der Waals surface area contributed by atoms with Crippen molar-refractivity contribution in [1.29, 1.82) is 0 Å². The number of rotatable bonds is 4. The van der Waals surface area contributed by atoms with Crippen molar-refractivity contribution in [1.82, 2.24) is 9.78 Å².